The van der Waals surface area contributed by atoms with Gasteiger partial charge in [-0.2, -0.15) is 0 Å². The first-order chi connectivity index (χ1) is 7.58. The monoisotopic (exact) mass is 219 g/mol. The summed E-state index contributed by atoms with van der Waals surface area (Å²) in [6.45, 7) is 4.65. The third kappa shape index (κ3) is 2.04. The smallest absolute Gasteiger partial charge is 0.117 e. The summed E-state index contributed by atoms with van der Waals surface area (Å²) in [4.78, 5) is 0. The van der Waals surface area contributed by atoms with E-state index in [1.165, 1.54) is 0 Å². The fraction of sp³-hybridized carbons (Fsp3) is 0.385. The molecule has 2 aromatic rings. The summed E-state index contributed by atoms with van der Waals surface area (Å²) in [5.41, 5.74) is 2.15. The predicted molar refractivity (Wildman–Crippen MR) is 64.5 cm³/mol. The molecule has 2 rings (SSSR count). The van der Waals surface area contributed by atoms with Crippen molar-refractivity contribution in [3.8, 4) is 5.75 Å². The first-order valence-electron chi connectivity index (χ1n) is 5.47. The van der Waals surface area contributed by atoms with E-state index < -0.39 is 0 Å². The first-order valence-corrected chi connectivity index (χ1v) is 5.47. The highest BCUT2D eigenvalue weighted by molar-refractivity contribution is 5.82. The quantitative estimate of drug-likeness (QED) is 0.861. The van der Waals surface area contributed by atoms with E-state index in [4.69, 9.17) is 4.74 Å². The van der Waals surface area contributed by atoms with Gasteiger partial charge in [-0.05, 0) is 32.0 Å². The average Bonchev–Trinajstić information content (AvgIpc) is 2.53. The summed E-state index contributed by atoms with van der Waals surface area (Å²) >= 11 is 0. The Morgan fingerprint density at radius 3 is 2.75 bits per heavy atom. The lowest BCUT2D eigenvalue weighted by Gasteiger charge is -2.08. The van der Waals surface area contributed by atoms with Crippen LogP contribution in [-0.2, 0) is 18.4 Å². The van der Waals surface area contributed by atoms with E-state index in [2.05, 4.69) is 10.6 Å². The van der Waals surface area contributed by atoms with Crippen LogP contribution in [0, 0.1) is 0 Å². The van der Waals surface area contributed by atoms with Crippen LogP contribution in [-0.4, -0.2) is 15.8 Å². The van der Waals surface area contributed by atoms with Gasteiger partial charge in [0.1, 0.15) is 5.75 Å². The molecule has 3 nitrogen and oxygen atoms in total. The lowest BCUT2D eigenvalue weighted by molar-refractivity contribution is 0.0624. The van der Waals surface area contributed by atoms with Crippen molar-refractivity contribution < 1.29 is 9.84 Å². The van der Waals surface area contributed by atoms with Crippen molar-refractivity contribution in [2.24, 2.45) is 7.05 Å². The molecule has 0 aliphatic carbocycles. The van der Waals surface area contributed by atoms with Crippen LogP contribution in [0.1, 0.15) is 19.5 Å². The van der Waals surface area contributed by atoms with E-state index >= 15 is 0 Å². The van der Waals surface area contributed by atoms with Crippen LogP contribution in [0.4, 0.5) is 0 Å². The minimum Gasteiger partial charge on any atom is -0.508 e. The molecule has 1 N–H and O–H groups in total. The highest BCUT2D eigenvalue weighted by atomic mass is 16.5. The Morgan fingerprint density at radius 1 is 1.31 bits per heavy atom. The van der Waals surface area contributed by atoms with Gasteiger partial charge in [0.25, 0.3) is 0 Å². The van der Waals surface area contributed by atoms with Crippen molar-refractivity contribution in [2.45, 2.75) is 26.6 Å². The number of hydrogen-bond acceptors (Lipinski definition) is 2. The maximum Gasteiger partial charge on any atom is 0.117 e. The summed E-state index contributed by atoms with van der Waals surface area (Å²) < 4.78 is 7.64. The Hall–Kier alpha value is -1.48. The summed E-state index contributed by atoms with van der Waals surface area (Å²) in [5, 5.41) is 10.6. The van der Waals surface area contributed by atoms with Gasteiger partial charge in [0.05, 0.1) is 18.2 Å². The van der Waals surface area contributed by atoms with E-state index in [-0.39, 0.29) is 6.10 Å². The summed E-state index contributed by atoms with van der Waals surface area (Å²) in [5.74, 6) is 0.296. The van der Waals surface area contributed by atoms with Crippen molar-refractivity contribution in [1.29, 1.82) is 0 Å². The number of aromatic hydroxyl groups is 1. The van der Waals surface area contributed by atoms with Gasteiger partial charge in [0.2, 0.25) is 0 Å². The van der Waals surface area contributed by atoms with E-state index in [1.54, 1.807) is 12.1 Å². The SMILES string of the molecule is CC(C)OCc1cc2ccc(O)cc2n1C. The number of aryl methyl sites for hydroxylation is 1. The zero-order valence-electron chi connectivity index (χ0n) is 9.90. The van der Waals surface area contributed by atoms with Gasteiger partial charge in [-0.15, -0.1) is 0 Å². The molecule has 0 unspecified atom stereocenters. The van der Waals surface area contributed by atoms with Gasteiger partial charge >= 0.3 is 0 Å². The molecule has 0 aliphatic rings. The molecule has 0 atom stereocenters. The zero-order chi connectivity index (χ0) is 11.7. The largest absolute Gasteiger partial charge is 0.508 e. The predicted octanol–water partition coefficient (Wildman–Crippen LogP) is 2.81. The number of fused-ring (bicyclic) bond motifs is 1. The van der Waals surface area contributed by atoms with Crippen LogP contribution >= 0.6 is 0 Å². The van der Waals surface area contributed by atoms with Gasteiger partial charge in [0, 0.05) is 24.2 Å². The lowest BCUT2D eigenvalue weighted by atomic mass is 10.2. The van der Waals surface area contributed by atoms with Gasteiger partial charge < -0.3 is 14.4 Å². The molecule has 0 amide bonds. The normalized spacial score (nSPS) is 11.5. The first kappa shape index (κ1) is 11.0. The Kier molecular flexibility index (Phi) is 2.88. The highest BCUT2D eigenvalue weighted by Gasteiger charge is 2.07. The maximum atomic E-state index is 9.44. The molecule has 0 fully saturated rings. The van der Waals surface area contributed by atoms with E-state index in [9.17, 15) is 5.11 Å². The molecular formula is C13H17NO2. The molecule has 3 heteroatoms. The van der Waals surface area contributed by atoms with Crippen LogP contribution in [0.5, 0.6) is 5.75 Å². The molecule has 0 saturated heterocycles. The minimum atomic E-state index is 0.228. The van der Waals surface area contributed by atoms with Crippen molar-refractivity contribution in [2.75, 3.05) is 0 Å². The Labute approximate surface area is 95.3 Å². The molecule has 1 aromatic heterocycles. The van der Waals surface area contributed by atoms with Crippen LogP contribution in [0.3, 0.4) is 0 Å². The van der Waals surface area contributed by atoms with E-state index in [0.717, 1.165) is 16.6 Å². The Morgan fingerprint density at radius 2 is 2.06 bits per heavy atom. The number of phenols is 1. The molecular weight excluding hydrogens is 202 g/mol. The highest BCUT2D eigenvalue weighted by Crippen LogP contribution is 2.23. The molecule has 0 radical (unpaired) electrons. The topological polar surface area (TPSA) is 34.4 Å². The second-order valence-electron chi connectivity index (χ2n) is 4.30. The number of aromatic nitrogens is 1. The second kappa shape index (κ2) is 4.18. The third-order valence-corrected chi connectivity index (χ3v) is 2.69. The molecule has 86 valence electrons. The standard InChI is InChI=1S/C13H17NO2/c1-9(2)16-8-11-6-10-4-5-12(15)7-13(10)14(11)3/h4-7,9,15H,8H2,1-3H3. The number of hydrogen-bond donors (Lipinski definition) is 1. The van der Waals surface area contributed by atoms with Crippen LogP contribution in [0.2, 0.25) is 0 Å². The number of phenolic OH excluding ortho intramolecular Hbond substituents is 1. The van der Waals surface area contributed by atoms with Crippen LogP contribution in [0.15, 0.2) is 24.3 Å². The van der Waals surface area contributed by atoms with Crippen molar-refractivity contribution in [1.82, 2.24) is 4.57 Å². The molecule has 0 aliphatic heterocycles. The Bertz CT molecular complexity index is 500. The van der Waals surface area contributed by atoms with Gasteiger partial charge in [-0.25, -0.2) is 0 Å². The lowest BCUT2D eigenvalue weighted by Crippen LogP contribution is -2.05. The molecule has 16 heavy (non-hydrogen) atoms. The number of benzene rings is 1. The summed E-state index contributed by atoms with van der Waals surface area (Å²) in [6.07, 6.45) is 0.228. The van der Waals surface area contributed by atoms with E-state index in [0.29, 0.717) is 12.4 Å². The number of nitrogens with zero attached hydrogens (tertiary/aromatic N) is 1. The van der Waals surface area contributed by atoms with Crippen LogP contribution in [0.25, 0.3) is 10.9 Å². The zero-order valence-corrected chi connectivity index (χ0v) is 9.90. The molecule has 0 spiro atoms. The molecule has 0 saturated carbocycles. The van der Waals surface area contributed by atoms with E-state index in [1.807, 2.05) is 27.0 Å². The minimum absolute atomic E-state index is 0.228. The van der Waals surface area contributed by atoms with Crippen LogP contribution < -0.4 is 0 Å². The average molecular weight is 219 g/mol. The molecule has 1 heterocycles. The fourth-order valence-electron chi connectivity index (χ4n) is 1.77. The van der Waals surface area contributed by atoms with Gasteiger partial charge in [-0.1, -0.05) is 0 Å². The Balaban J connectivity index is 2.36. The second-order valence-corrected chi connectivity index (χ2v) is 4.30. The third-order valence-electron chi connectivity index (χ3n) is 2.69. The maximum absolute atomic E-state index is 9.44. The van der Waals surface area contributed by atoms with Crippen molar-refractivity contribution in [3.63, 3.8) is 0 Å². The molecule has 1 aromatic carbocycles. The summed E-state index contributed by atoms with van der Waals surface area (Å²) in [6, 6.07) is 7.49. The molecule has 0 bridgehead atoms. The summed E-state index contributed by atoms with van der Waals surface area (Å²) in [7, 11) is 1.99. The van der Waals surface area contributed by atoms with Crippen molar-refractivity contribution >= 4 is 10.9 Å². The van der Waals surface area contributed by atoms with Gasteiger partial charge in [0.15, 0.2) is 0 Å². The number of ether oxygens (including phenoxy) is 1. The number of rotatable bonds is 3. The van der Waals surface area contributed by atoms with Gasteiger partial charge in [-0.3, -0.25) is 0 Å². The van der Waals surface area contributed by atoms with Crippen molar-refractivity contribution in [3.05, 3.63) is 30.0 Å². The fourth-order valence-corrected chi connectivity index (χ4v) is 1.77.